The molecule has 1 heteroatoms. The predicted molar refractivity (Wildman–Crippen MR) is 74.1 cm³/mol. The molecule has 0 aliphatic heterocycles. The molecule has 17 heavy (non-hydrogen) atoms. The summed E-state index contributed by atoms with van der Waals surface area (Å²) < 4.78 is 0. The maximum absolute atomic E-state index is 6.23. The Labute approximate surface area is 105 Å². The number of nitrogens with two attached hydrogens (primary N) is 1. The van der Waals surface area contributed by atoms with E-state index in [2.05, 4.69) is 58.9 Å². The molecule has 1 aliphatic carbocycles. The van der Waals surface area contributed by atoms with Gasteiger partial charge in [0.25, 0.3) is 0 Å². The summed E-state index contributed by atoms with van der Waals surface area (Å²) in [5, 5.41) is 0. The molecule has 1 aliphatic rings. The summed E-state index contributed by atoms with van der Waals surface area (Å²) >= 11 is 0. The number of hydrogen-bond donors (Lipinski definition) is 1. The van der Waals surface area contributed by atoms with Crippen molar-refractivity contribution in [3.8, 4) is 0 Å². The Balaban J connectivity index is 2.20. The Kier molecular flexibility index (Phi) is 2.86. The van der Waals surface area contributed by atoms with Crippen molar-refractivity contribution >= 4 is 0 Å². The van der Waals surface area contributed by atoms with E-state index in [0.717, 1.165) is 12.3 Å². The Morgan fingerprint density at radius 1 is 1.12 bits per heavy atom. The highest BCUT2D eigenvalue weighted by Crippen LogP contribution is 2.62. The molecule has 0 spiro atoms. The molecule has 0 heterocycles. The Morgan fingerprint density at radius 2 is 1.59 bits per heavy atom. The first-order valence-corrected chi connectivity index (χ1v) is 6.65. The molecular formula is C16H25N. The maximum atomic E-state index is 6.23. The van der Waals surface area contributed by atoms with Gasteiger partial charge in [0.15, 0.2) is 0 Å². The zero-order valence-electron chi connectivity index (χ0n) is 11.7. The average Bonchev–Trinajstić information content (AvgIpc) is 2.64. The fraction of sp³-hybridized carbons (Fsp3) is 0.625. The molecule has 2 unspecified atom stereocenters. The summed E-state index contributed by atoms with van der Waals surface area (Å²) in [6.07, 6.45) is 1.16. The average molecular weight is 231 g/mol. The monoisotopic (exact) mass is 231 g/mol. The molecule has 1 fully saturated rings. The second-order valence-electron chi connectivity index (χ2n) is 6.70. The quantitative estimate of drug-likeness (QED) is 0.846. The van der Waals surface area contributed by atoms with Crippen LogP contribution in [0.4, 0.5) is 0 Å². The lowest BCUT2D eigenvalue weighted by atomic mass is 9.88. The second kappa shape index (κ2) is 3.84. The van der Waals surface area contributed by atoms with E-state index >= 15 is 0 Å². The summed E-state index contributed by atoms with van der Waals surface area (Å²) in [5.41, 5.74) is 9.44. The van der Waals surface area contributed by atoms with Crippen molar-refractivity contribution in [2.75, 3.05) is 0 Å². The summed E-state index contributed by atoms with van der Waals surface area (Å²) in [5.74, 6) is 0.719. The van der Waals surface area contributed by atoms with E-state index < -0.39 is 0 Å². The molecule has 0 bridgehead atoms. The van der Waals surface area contributed by atoms with Gasteiger partial charge >= 0.3 is 0 Å². The van der Waals surface area contributed by atoms with E-state index in [1.807, 2.05) is 0 Å². The molecule has 0 aromatic heterocycles. The summed E-state index contributed by atoms with van der Waals surface area (Å²) in [4.78, 5) is 0. The van der Waals surface area contributed by atoms with Crippen LogP contribution in [-0.2, 0) is 11.8 Å². The highest BCUT2D eigenvalue weighted by molar-refractivity contribution is 5.42. The minimum absolute atomic E-state index is 0.156. The van der Waals surface area contributed by atoms with Gasteiger partial charge < -0.3 is 5.73 Å². The Morgan fingerprint density at radius 3 is 1.94 bits per heavy atom. The minimum Gasteiger partial charge on any atom is -0.326 e. The smallest absolute Gasteiger partial charge is 0.0200 e. The van der Waals surface area contributed by atoms with Gasteiger partial charge in [-0.2, -0.15) is 0 Å². The third-order valence-corrected chi connectivity index (χ3v) is 4.85. The molecular weight excluding hydrogens is 206 g/mol. The highest BCUT2D eigenvalue weighted by atomic mass is 14.9. The van der Waals surface area contributed by atoms with Crippen molar-refractivity contribution in [3.05, 3.63) is 35.4 Å². The summed E-state index contributed by atoms with van der Waals surface area (Å²) in [7, 11) is 0. The Bertz CT molecular complexity index is 402. The zero-order chi connectivity index (χ0) is 12.8. The normalized spacial score (nSPS) is 30.6. The van der Waals surface area contributed by atoms with Crippen LogP contribution in [0.25, 0.3) is 0 Å². The van der Waals surface area contributed by atoms with Crippen LogP contribution in [0.1, 0.15) is 45.7 Å². The predicted octanol–water partition coefficient (Wildman–Crippen LogP) is 3.51. The van der Waals surface area contributed by atoms with Crippen LogP contribution in [0.5, 0.6) is 0 Å². The van der Waals surface area contributed by atoms with Crippen LogP contribution >= 0.6 is 0 Å². The van der Waals surface area contributed by atoms with Crippen molar-refractivity contribution in [1.29, 1.82) is 0 Å². The molecule has 0 radical (unpaired) electrons. The molecule has 1 nitrogen and oxygen atoms in total. The SMILES string of the molecule is CC(C)Cc1ccc(C2(C)C(N)C2(C)C)cc1. The number of rotatable bonds is 3. The Hall–Kier alpha value is -0.820. The van der Waals surface area contributed by atoms with E-state index in [9.17, 15) is 0 Å². The lowest BCUT2D eigenvalue weighted by Gasteiger charge is -2.15. The first-order valence-electron chi connectivity index (χ1n) is 6.65. The van der Waals surface area contributed by atoms with Gasteiger partial charge in [0.05, 0.1) is 0 Å². The minimum atomic E-state index is 0.156. The van der Waals surface area contributed by atoms with Crippen molar-refractivity contribution in [1.82, 2.24) is 0 Å². The fourth-order valence-electron chi connectivity index (χ4n) is 3.04. The van der Waals surface area contributed by atoms with Gasteiger partial charge in [0, 0.05) is 11.5 Å². The van der Waals surface area contributed by atoms with E-state index in [1.165, 1.54) is 11.1 Å². The van der Waals surface area contributed by atoms with E-state index in [4.69, 9.17) is 5.73 Å². The van der Waals surface area contributed by atoms with Crippen molar-refractivity contribution < 1.29 is 0 Å². The molecule has 2 atom stereocenters. The van der Waals surface area contributed by atoms with Gasteiger partial charge in [-0.15, -0.1) is 0 Å². The lowest BCUT2D eigenvalue weighted by Crippen LogP contribution is -2.14. The molecule has 1 aromatic rings. The van der Waals surface area contributed by atoms with Crippen LogP contribution in [-0.4, -0.2) is 6.04 Å². The standard InChI is InChI=1S/C16H25N/c1-11(2)10-12-6-8-13(9-7-12)16(5)14(17)15(16,3)4/h6-9,11,14H,10,17H2,1-5H3. The number of hydrogen-bond acceptors (Lipinski definition) is 1. The lowest BCUT2D eigenvalue weighted by molar-refractivity contribution is 0.525. The van der Waals surface area contributed by atoms with Gasteiger partial charge in [-0.25, -0.2) is 0 Å². The van der Waals surface area contributed by atoms with Crippen LogP contribution in [0, 0.1) is 11.3 Å². The molecule has 0 saturated heterocycles. The largest absolute Gasteiger partial charge is 0.326 e. The van der Waals surface area contributed by atoms with Crippen LogP contribution in [0.2, 0.25) is 0 Å². The van der Waals surface area contributed by atoms with Gasteiger partial charge in [-0.05, 0) is 28.9 Å². The fourth-order valence-corrected chi connectivity index (χ4v) is 3.04. The third-order valence-electron chi connectivity index (χ3n) is 4.85. The molecule has 2 rings (SSSR count). The van der Waals surface area contributed by atoms with Crippen LogP contribution < -0.4 is 5.73 Å². The topological polar surface area (TPSA) is 26.0 Å². The van der Waals surface area contributed by atoms with Gasteiger partial charge in [0.2, 0.25) is 0 Å². The van der Waals surface area contributed by atoms with Crippen LogP contribution in [0.3, 0.4) is 0 Å². The molecule has 1 saturated carbocycles. The van der Waals surface area contributed by atoms with Gasteiger partial charge in [-0.1, -0.05) is 58.9 Å². The third kappa shape index (κ3) is 1.81. The highest BCUT2D eigenvalue weighted by Gasteiger charge is 2.66. The molecule has 0 amide bonds. The van der Waals surface area contributed by atoms with Gasteiger partial charge in [0.1, 0.15) is 0 Å². The summed E-state index contributed by atoms with van der Waals surface area (Å²) in [6, 6.07) is 9.35. The van der Waals surface area contributed by atoms with Crippen molar-refractivity contribution in [2.45, 2.75) is 52.5 Å². The number of benzene rings is 1. The van der Waals surface area contributed by atoms with Crippen molar-refractivity contribution in [2.24, 2.45) is 17.1 Å². The van der Waals surface area contributed by atoms with Crippen molar-refractivity contribution in [3.63, 3.8) is 0 Å². The molecule has 1 aromatic carbocycles. The first-order chi connectivity index (χ1) is 7.80. The van der Waals surface area contributed by atoms with Crippen LogP contribution in [0.15, 0.2) is 24.3 Å². The van der Waals surface area contributed by atoms with Gasteiger partial charge in [-0.3, -0.25) is 0 Å². The zero-order valence-corrected chi connectivity index (χ0v) is 11.7. The van der Waals surface area contributed by atoms with E-state index in [0.29, 0.717) is 0 Å². The summed E-state index contributed by atoms with van der Waals surface area (Å²) in [6.45, 7) is 11.3. The second-order valence-corrected chi connectivity index (χ2v) is 6.70. The first kappa shape index (κ1) is 12.6. The maximum Gasteiger partial charge on any atom is 0.0200 e. The molecule has 94 valence electrons. The van der Waals surface area contributed by atoms with E-state index in [1.54, 1.807) is 0 Å². The molecule has 2 N–H and O–H groups in total. The van der Waals surface area contributed by atoms with E-state index in [-0.39, 0.29) is 16.9 Å².